The number of halogens is 1. The van der Waals surface area contributed by atoms with Crippen molar-refractivity contribution < 1.29 is 17.6 Å². The molecular weight excluding hydrogens is 417 g/mol. The molecule has 0 atom stereocenters. The number of nitrogens with one attached hydrogen (secondary N) is 1. The van der Waals surface area contributed by atoms with E-state index in [2.05, 4.69) is 10.2 Å². The highest BCUT2D eigenvalue weighted by molar-refractivity contribution is 7.93. The van der Waals surface area contributed by atoms with Crippen molar-refractivity contribution in [1.82, 2.24) is 0 Å². The van der Waals surface area contributed by atoms with Gasteiger partial charge in [0.25, 0.3) is 10.0 Å². The van der Waals surface area contributed by atoms with E-state index in [-0.39, 0.29) is 11.4 Å². The van der Waals surface area contributed by atoms with Crippen LogP contribution in [0.4, 0.5) is 21.5 Å². The van der Waals surface area contributed by atoms with Crippen molar-refractivity contribution >= 4 is 43.8 Å². The second-order valence-corrected chi connectivity index (χ2v) is 9.73. The molecule has 5 rings (SSSR count). The second kappa shape index (κ2) is 7.53. The lowest BCUT2D eigenvalue weighted by atomic mass is 10.1. The predicted molar refractivity (Wildman–Crippen MR) is 120 cm³/mol. The maximum absolute atomic E-state index is 13.9. The lowest BCUT2D eigenvalue weighted by Gasteiger charge is -2.30. The van der Waals surface area contributed by atoms with Crippen LogP contribution in [-0.4, -0.2) is 34.0 Å². The summed E-state index contributed by atoms with van der Waals surface area (Å²) in [5, 5.41) is 4.17. The number of hydrogen-bond donors (Lipinski definition) is 1. The fraction of sp³-hybridized carbons (Fsp3) is 0.261. The van der Waals surface area contributed by atoms with Gasteiger partial charge in [-0.05, 0) is 55.0 Å². The Morgan fingerprint density at radius 2 is 1.71 bits per heavy atom. The molecule has 2 aliphatic heterocycles. The quantitative estimate of drug-likeness (QED) is 0.664. The number of nitrogens with zero attached hydrogens (tertiary/aromatic N) is 2. The minimum Gasteiger partial charge on any atom is -0.370 e. The van der Waals surface area contributed by atoms with Gasteiger partial charge in [-0.2, -0.15) is 0 Å². The van der Waals surface area contributed by atoms with Crippen LogP contribution in [0.1, 0.15) is 19.3 Å². The van der Waals surface area contributed by atoms with Gasteiger partial charge < -0.3 is 10.2 Å². The molecule has 3 aromatic rings. The topological polar surface area (TPSA) is 69.7 Å². The molecular formula is C23H22FN3O3S. The Balaban J connectivity index is 1.43. The molecule has 0 aliphatic carbocycles. The summed E-state index contributed by atoms with van der Waals surface area (Å²) in [5.41, 5.74) is 1.60. The largest absolute Gasteiger partial charge is 0.370 e. The van der Waals surface area contributed by atoms with Crippen molar-refractivity contribution in [3.63, 3.8) is 0 Å². The number of carbonyl (C=O) groups excluding carboxylic acids is 1. The van der Waals surface area contributed by atoms with E-state index in [9.17, 15) is 17.6 Å². The second-order valence-electron chi connectivity index (χ2n) is 7.90. The van der Waals surface area contributed by atoms with Crippen LogP contribution >= 0.6 is 0 Å². The van der Waals surface area contributed by atoms with Crippen LogP contribution in [0.2, 0.25) is 0 Å². The van der Waals surface area contributed by atoms with Crippen LogP contribution in [0.25, 0.3) is 10.8 Å². The Kier molecular flexibility index (Phi) is 4.81. The van der Waals surface area contributed by atoms with E-state index in [1.165, 1.54) is 12.1 Å². The van der Waals surface area contributed by atoms with Crippen LogP contribution in [0.5, 0.6) is 0 Å². The number of hydrogen-bond acceptors (Lipinski definition) is 4. The zero-order valence-electron chi connectivity index (χ0n) is 16.8. The average molecular weight is 440 g/mol. The Hall–Kier alpha value is -3.13. The van der Waals surface area contributed by atoms with Crippen molar-refractivity contribution in [2.45, 2.75) is 24.2 Å². The van der Waals surface area contributed by atoms with Crippen LogP contribution in [0.15, 0.2) is 59.5 Å². The molecule has 3 aromatic carbocycles. The number of amides is 1. The van der Waals surface area contributed by atoms with Gasteiger partial charge in [0.15, 0.2) is 0 Å². The van der Waals surface area contributed by atoms with E-state index < -0.39 is 21.7 Å². The molecule has 0 radical (unpaired) electrons. The molecule has 0 bridgehead atoms. The van der Waals surface area contributed by atoms with E-state index >= 15 is 0 Å². The van der Waals surface area contributed by atoms with Gasteiger partial charge in [0.1, 0.15) is 12.4 Å². The first-order valence-corrected chi connectivity index (χ1v) is 11.8. The van der Waals surface area contributed by atoms with Gasteiger partial charge in [-0.15, -0.1) is 0 Å². The molecule has 31 heavy (non-hydrogen) atoms. The molecule has 0 saturated carbocycles. The summed E-state index contributed by atoms with van der Waals surface area (Å²) in [6, 6.07) is 14.7. The lowest BCUT2D eigenvalue weighted by Crippen LogP contribution is -2.36. The van der Waals surface area contributed by atoms with Crippen molar-refractivity contribution in [1.29, 1.82) is 0 Å². The molecule has 1 fully saturated rings. The highest BCUT2D eigenvalue weighted by Gasteiger charge is 2.36. The predicted octanol–water partition coefficient (Wildman–Crippen LogP) is 4.12. The van der Waals surface area contributed by atoms with Gasteiger partial charge in [-0.3, -0.25) is 9.10 Å². The average Bonchev–Trinajstić information content (AvgIpc) is 2.98. The molecule has 1 amide bonds. The fourth-order valence-corrected chi connectivity index (χ4v) is 6.13. The van der Waals surface area contributed by atoms with Gasteiger partial charge in [-0.1, -0.05) is 24.3 Å². The summed E-state index contributed by atoms with van der Waals surface area (Å²) < 4.78 is 41.3. The van der Waals surface area contributed by atoms with E-state index in [1.807, 2.05) is 12.1 Å². The van der Waals surface area contributed by atoms with Crippen LogP contribution in [0.3, 0.4) is 0 Å². The molecule has 1 saturated heterocycles. The number of carbonyl (C=O) groups is 1. The summed E-state index contributed by atoms with van der Waals surface area (Å²) in [7, 11) is -3.84. The van der Waals surface area contributed by atoms with Crippen molar-refractivity contribution in [3.05, 3.63) is 60.4 Å². The third kappa shape index (κ3) is 3.40. The zero-order chi connectivity index (χ0) is 21.6. The Morgan fingerprint density at radius 1 is 0.968 bits per heavy atom. The van der Waals surface area contributed by atoms with Crippen molar-refractivity contribution in [2.75, 3.05) is 34.2 Å². The summed E-state index contributed by atoms with van der Waals surface area (Å²) in [6.07, 6.45) is 3.23. The van der Waals surface area contributed by atoms with Gasteiger partial charge >= 0.3 is 0 Å². The highest BCUT2D eigenvalue weighted by atomic mass is 32.2. The van der Waals surface area contributed by atoms with Gasteiger partial charge in [0.2, 0.25) is 5.91 Å². The molecule has 2 heterocycles. The van der Waals surface area contributed by atoms with Crippen molar-refractivity contribution in [2.24, 2.45) is 0 Å². The fourth-order valence-electron chi connectivity index (χ4n) is 4.47. The molecule has 0 spiro atoms. The zero-order valence-corrected chi connectivity index (χ0v) is 17.7. The molecule has 1 N–H and O–H groups in total. The molecule has 6 nitrogen and oxygen atoms in total. The van der Waals surface area contributed by atoms with E-state index in [1.54, 1.807) is 30.3 Å². The number of rotatable bonds is 4. The standard InChI is InChI=1S/C23H22FN3O3S/c24-17-10-11-19(26-12-2-1-3-13-26)18(14-17)25-22(28)15-27-20-8-4-6-16-7-5-9-21(23(16)20)31(27,29)30/h4-11,14H,1-3,12-13,15H2,(H,25,28). The summed E-state index contributed by atoms with van der Waals surface area (Å²) >= 11 is 0. The summed E-state index contributed by atoms with van der Waals surface area (Å²) in [4.78, 5) is 15.2. The minimum atomic E-state index is -3.84. The van der Waals surface area contributed by atoms with E-state index in [0.29, 0.717) is 16.8 Å². The minimum absolute atomic E-state index is 0.202. The molecule has 8 heteroatoms. The molecule has 160 valence electrons. The maximum atomic E-state index is 13.9. The van der Waals surface area contributed by atoms with Crippen LogP contribution in [0, 0.1) is 5.82 Å². The molecule has 0 unspecified atom stereocenters. The summed E-state index contributed by atoms with van der Waals surface area (Å²) in [5.74, 6) is -0.973. The third-order valence-electron chi connectivity index (χ3n) is 5.90. The Bertz CT molecular complexity index is 1280. The van der Waals surface area contributed by atoms with Gasteiger partial charge in [-0.25, -0.2) is 12.8 Å². The van der Waals surface area contributed by atoms with Gasteiger partial charge in [0, 0.05) is 18.5 Å². The number of benzene rings is 3. The Labute approximate surface area is 180 Å². The maximum Gasteiger partial charge on any atom is 0.265 e. The molecule has 0 aromatic heterocycles. The van der Waals surface area contributed by atoms with Crippen LogP contribution in [-0.2, 0) is 14.8 Å². The SMILES string of the molecule is O=C(CN1c2cccc3cccc(c23)S1(=O)=O)Nc1cc(F)ccc1N1CCCCC1. The van der Waals surface area contributed by atoms with E-state index in [4.69, 9.17) is 0 Å². The number of sulfonamides is 1. The lowest BCUT2D eigenvalue weighted by molar-refractivity contribution is -0.114. The smallest absolute Gasteiger partial charge is 0.265 e. The van der Waals surface area contributed by atoms with Gasteiger partial charge in [0.05, 0.1) is 22.0 Å². The van der Waals surface area contributed by atoms with E-state index in [0.717, 1.165) is 47.7 Å². The molecule has 2 aliphatic rings. The monoisotopic (exact) mass is 439 g/mol. The number of anilines is 3. The first kappa shape index (κ1) is 19.8. The van der Waals surface area contributed by atoms with Crippen molar-refractivity contribution in [3.8, 4) is 0 Å². The third-order valence-corrected chi connectivity index (χ3v) is 7.70. The number of piperidine rings is 1. The normalized spacial score (nSPS) is 17.2. The van der Waals surface area contributed by atoms with Crippen LogP contribution < -0.4 is 14.5 Å². The Morgan fingerprint density at radius 3 is 2.48 bits per heavy atom. The first-order valence-electron chi connectivity index (χ1n) is 10.3. The highest BCUT2D eigenvalue weighted by Crippen LogP contribution is 2.41. The summed E-state index contributed by atoms with van der Waals surface area (Å²) in [6.45, 7) is 1.30. The first-order chi connectivity index (χ1) is 14.9.